The molecule has 188 valence electrons. The SMILES string of the molecule is CCOC(=O)C1=C(C)N=c2s/c(=C\c3c(C)nn(-c4ccccc4)c3C)c(=O)n2C1c1ccc(F)cc1. The van der Waals surface area contributed by atoms with E-state index in [1.807, 2.05) is 54.9 Å². The van der Waals surface area contributed by atoms with Crippen molar-refractivity contribution in [3.8, 4) is 5.69 Å². The highest BCUT2D eigenvalue weighted by atomic mass is 32.1. The molecule has 0 saturated heterocycles. The van der Waals surface area contributed by atoms with E-state index in [1.165, 1.54) is 28.0 Å². The van der Waals surface area contributed by atoms with Crippen LogP contribution in [-0.2, 0) is 9.53 Å². The van der Waals surface area contributed by atoms with Crippen LogP contribution in [0.25, 0.3) is 11.8 Å². The Hall–Kier alpha value is -4.11. The highest BCUT2D eigenvalue weighted by molar-refractivity contribution is 7.07. The zero-order chi connectivity index (χ0) is 26.3. The van der Waals surface area contributed by atoms with Gasteiger partial charge in [-0.2, -0.15) is 5.10 Å². The lowest BCUT2D eigenvalue weighted by Crippen LogP contribution is -2.40. The summed E-state index contributed by atoms with van der Waals surface area (Å²) in [5.74, 6) is -0.959. The van der Waals surface area contributed by atoms with E-state index in [0.29, 0.717) is 20.6 Å². The molecule has 0 saturated carbocycles. The number of carbonyl (C=O) groups is 1. The number of ether oxygens (including phenoxy) is 1. The van der Waals surface area contributed by atoms with Gasteiger partial charge in [0.1, 0.15) is 5.82 Å². The molecule has 2 aromatic heterocycles. The van der Waals surface area contributed by atoms with Crippen molar-refractivity contribution in [2.75, 3.05) is 6.61 Å². The molecule has 0 aliphatic carbocycles. The maximum absolute atomic E-state index is 13.8. The summed E-state index contributed by atoms with van der Waals surface area (Å²) < 4.78 is 22.8. The van der Waals surface area contributed by atoms with Crippen LogP contribution >= 0.6 is 11.3 Å². The third-order valence-corrected chi connectivity index (χ3v) is 7.31. The molecule has 9 heteroatoms. The highest BCUT2D eigenvalue weighted by Gasteiger charge is 2.33. The molecular formula is C28H25FN4O3S. The van der Waals surface area contributed by atoms with E-state index in [9.17, 15) is 14.0 Å². The van der Waals surface area contributed by atoms with Crippen LogP contribution < -0.4 is 14.9 Å². The number of aryl methyl sites for hydroxylation is 1. The van der Waals surface area contributed by atoms with Crippen molar-refractivity contribution in [1.82, 2.24) is 14.3 Å². The third kappa shape index (κ3) is 4.35. The molecule has 7 nitrogen and oxygen atoms in total. The van der Waals surface area contributed by atoms with Gasteiger partial charge < -0.3 is 4.74 Å². The molecule has 4 aromatic rings. The smallest absolute Gasteiger partial charge is 0.338 e. The van der Waals surface area contributed by atoms with Crippen LogP contribution in [0.3, 0.4) is 0 Å². The summed E-state index contributed by atoms with van der Waals surface area (Å²) in [5, 5.41) is 4.68. The zero-order valence-corrected chi connectivity index (χ0v) is 21.7. The third-order valence-electron chi connectivity index (χ3n) is 6.33. The van der Waals surface area contributed by atoms with Crippen LogP contribution in [0.4, 0.5) is 4.39 Å². The Morgan fingerprint density at radius 1 is 1.11 bits per heavy atom. The monoisotopic (exact) mass is 516 g/mol. The van der Waals surface area contributed by atoms with Gasteiger partial charge in [0.15, 0.2) is 4.80 Å². The first-order valence-electron chi connectivity index (χ1n) is 11.9. The quantitative estimate of drug-likeness (QED) is 0.379. The molecule has 2 aromatic carbocycles. The molecule has 5 rings (SSSR count). The Morgan fingerprint density at radius 3 is 2.49 bits per heavy atom. The summed E-state index contributed by atoms with van der Waals surface area (Å²) in [7, 11) is 0. The Balaban J connectivity index is 1.70. The Morgan fingerprint density at radius 2 is 1.81 bits per heavy atom. The Kier molecular flexibility index (Phi) is 6.47. The molecule has 1 aliphatic rings. The number of nitrogens with zero attached hydrogens (tertiary/aromatic N) is 4. The first kappa shape index (κ1) is 24.6. The maximum atomic E-state index is 13.8. The molecular weight excluding hydrogens is 491 g/mol. The van der Waals surface area contributed by atoms with E-state index in [0.717, 1.165) is 22.6 Å². The highest BCUT2D eigenvalue weighted by Crippen LogP contribution is 2.30. The van der Waals surface area contributed by atoms with E-state index in [2.05, 4.69) is 10.1 Å². The molecule has 1 unspecified atom stereocenters. The lowest BCUT2D eigenvalue weighted by Gasteiger charge is -2.24. The number of rotatable bonds is 5. The van der Waals surface area contributed by atoms with E-state index < -0.39 is 17.8 Å². The van der Waals surface area contributed by atoms with Gasteiger partial charge in [-0.1, -0.05) is 41.7 Å². The second-order valence-corrected chi connectivity index (χ2v) is 9.69. The van der Waals surface area contributed by atoms with Gasteiger partial charge in [-0.05, 0) is 63.6 Å². The fraction of sp³-hybridized carbons (Fsp3) is 0.214. The van der Waals surface area contributed by atoms with Crippen molar-refractivity contribution in [3.63, 3.8) is 0 Å². The summed E-state index contributed by atoms with van der Waals surface area (Å²) >= 11 is 1.24. The van der Waals surface area contributed by atoms with Gasteiger partial charge >= 0.3 is 5.97 Å². The fourth-order valence-corrected chi connectivity index (χ4v) is 5.60. The van der Waals surface area contributed by atoms with Gasteiger partial charge in [-0.3, -0.25) is 9.36 Å². The predicted molar refractivity (Wildman–Crippen MR) is 140 cm³/mol. The number of benzene rings is 2. The molecule has 3 heterocycles. The topological polar surface area (TPSA) is 78.5 Å². The molecule has 37 heavy (non-hydrogen) atoms. The molecule has 1 atom stereocenters. The molecule has 0 spiro atoms. The standard InChI is InChI=1S/C28H25FN4O3S/c1-5-36-27(35)24-17(3)30-28-32(25(24)19-11-13-20(29)14-12-19)26(34)23(37-28)15-22-16(2)31-33(18(22)4)21-9-7-6-8-10-21/h6-15,25H,5H2,1-4H3/b23-15-. The number of hydrogen-bond donors (Lipinski definition) is 0. The average Bonchev–Trinajstić information content (AvgIpc) is 3.34. The molecule has 0 amide bonds. The lowest BCUT2D eigenvalue weighted by atomic mass is 9.96. The molecule has 0 bridgehead atoms. The number of fused-ring (bicyclic) bond motifs is 1. The number of para-hydroxylation sites is 1. The van der Waals surface area contributed by atoms with Gasteiger partial charge in [0.05, 0.1) is 39.8 Å². The van der Waals surface area contributed by atoms with Crippen LogP contribution in [0.2, 0.25) is 0 Å². The lowest BCUT2D eigenvalue weighted by molar-refractivity contribution is -0.139. The van der Waals surface area contributed by atoms with Gasteiger partial charge in [-0.25, -0.2) is 18.9 Å². The van der Waals surface area contributed by atoms with Crippen molar-refractivity contribution in [3.05, 3.63) is 114 Å². The summed E-state index contributed by atoms with van der Waals surface area (Å²) in [6, 6.07) is 14.8. The number of thiazole rings is 1. The summed E-state index contributed by atoms with van der Waals surface area (Å²) in [5.41, 5.74) is 4.47. The number of aromatic nitrogens is 3. The van der Waals surface area contributed by atoms with Crippen LogP contribution in [-0.4, -0.2) is 26.9 Å². The maximum Gasteiger partial charge on any atom is 0.338 e. The van der Waals surface area contributed by atoms with Crippen molar-refractivity contribution in [2.45, 2.75) is 33.7 Å². The number of halogens is 1. The number of esters is 1. The van der Waals surface area contributed by atoms with Gasteiger partial charge in [0, 0.05) is 11.3 Å². The number of hydrogen-bond acceptors (Lipinski definition) is 6. The van der Waals surface area contributed by atoms with E-state index >= 15 is 0 Å². The first-order valence-corrected chi connectivity index (χ1v) is 12.7. The second kappa shape index (κ2) is 9.74. The Bertz CT molecular complexity index is 1710. The van der Waals surface area contributed by atoms with Crippen LogP contribution in [0.15, 0.2) is 75.7 Å². The minimum atomic E-state index is -0.785. The number of allylic oxidation sites excluding steroid dienone is 1. The van der Waals surface area contributed by atoms with Crippen molar-refractivity contribution in [1.29, 1.82) is 0 Å². The summed E-state index contributed by atoms with van der Waals surface area (Å²) in [6.07, 6.45) is 1.83. The zero-order valence-electron chi connectivity index (χ0n) is 20.9. The average molecular weight is 517 g/mol. The summed E-state index contributed by atoms with van der Waals surface area (Å²) in [4.78, 5) is 31.8. The van der Waals surface area contributed by atoms with Crippen LogP contribution in [0.5, 0.6) is 0 Å². The normalized spacial score (nSPS) is 15.5. The van der Waals surface area contributed by atoms with Gasteiger partial charge in [0.2, 0.25) is 0 Å². The van der Waals surface area contributed by atoms with Crippen molar-refractivity contribution in [2.24, 2.45) is 4.99 Å². The Labute approximate surface area is 216 Å². The van der Waals surface area contributed by atoms with E-state index in [-0.39, 0.29) is 17.7 Å². The summed E-state index contributed by atoms with van der Waals surface area (Å²) in [6.45, 7) is 7.48. The van der Waals surface area contributed by atoms with Crippen molar-refractivity contribution < 1.29 is 13.9 Å². The van der Waals surface area contributed by atoms with E-state index in [4.69, 9.17) is 4.74 Å². The van der Waals surface area contributed by atoms with E-state index in [1.54, 1.807) is 26.0 Å². The largest absolute Gasteiger partial charge is 0.463 e. The molecule has 0 N–H and O–H groups in total. The van der Waals surface area contributed by atoms with Crippen molar-refractivity contribution >= 4 is 23.4 Å². The van der Waals surface area contributed by atoms with Crippen LogP contribution in [0, 0.1) is 19.7 Å². The molecule has 1 aliphatic heterocycles. The minimum absolute atomic E-state index is 0.181. The minimum Gasteiger partial charge on any atom is -0.463 e. The van der Waals surface area contributed by atoms with Gasteiger partial charge in [-0.15, -0.1) is 0 Å². The molecule has 0 fully saturated rings. The predicted octanol–water partition coefficient (Wildman–Crippen LogP) is 3.74. The van der Waals surface area contributed by atoms with Gasteiger partial charge in [0.25, 0.3) is 5.56 Å². The number of carbonyl (C=O) groups excluding carboxylic acids is 1. The second-order valence-electron chi connectivity index (χ2n) is 8.69. The fourth-order valence-electron chi connectivity index (χ4n) is 4.57. The molecule has 0 radical (unpaired) electrons. The first-order chi connectivity index (χ1) is 17.8. The van der Waals surface area contributed by atoms with Crippen LogP contribution in [0.1, 0.15) is 42.4 Å².